The third-order valence-corrected chi connectivity index (χ3v) is 2.97. The summed E-state index contributed by atoms with van der Waals surface area (Å²) in [6, 6.07) is 8.56. The Labute approximate surface area is 127 Å². The minimum atomic E-state index is -0.408. The van der Waals surface area contributed by atoms with Crippen molar-refractivity contribution >= 4 is 17.5 Å². The third kappa shape index (κ3) is 4.34. The quantitative estimate of drug-likeness (QED) is 0.719. The lowest BCUT2D eigenvalue weighted by atomic mass is 10.2. The number of H-pyrrole nitrogens is 1. The molecule has 0 unspecified atom stereocenters. The zero-order valence-electron chi connectivity index (χ0n) is 12.3. The molecule has 0 aliphatic carbocycles. The maximum atomic E-state index is 12.0. The normalized spacial score (nSPS) is 10.2. The van der Waals surface area contributed by atoms with Gasteiger partial charge in [-0.25, -0.2) is 0 Å². The second kappa shape index (κ2) is 7.26. The van der Waals surface area contributed by atoms with Crippen LogP contribution < -0.4 is 15.8 Å². The SMILES string of the molecule is CCc1cc(C(=O)Nc2ccc(OCCC(N)=O)cc2)n[nH]1. The van der Waals surface area contributed by atoms with Crippen LogP contribution in [0.15, 0.2) is 30.3 Å². The number of primary amides is 1. The van der Waals surface area contributed by atoms with Gasteiger partial charge in [0.05, 0.1) is 13.0 Å². The lowest BCUT2D eigenvalue weighted by Gasteiger charge is -2.07. The summed E-state index contributed by atoms with van der Waals surface area (Å²) in [6.07, 6.45) is 0.953. The van der Waals surface area contributed by atoms with Crippen molar-refractivity contribution in [2.45, 2.75) is 19.8 Å². The molecule has 0 radical (unpaired) electrons. The topological polar surface area (TPSA) is 110 Å². The number of carbonyl (C=O) groups is 2. The number of nitrogens with one attached hydrogen (secondary N) is 2. The van der Waals surface area contributed by atoms with Crippen LogP contribution in [0.1, 0.15) is 29.5 Å². The minimum absolute atomic E-state index is 0.164. The van der Waals surface area contributed by atoms with E-state index in [2.05, 4.69) is 15.5 Å². The molecule has 0 aliphatic heterocycles. The molecule has 7 heteroatoms. The van der Waals surface area contributed by atoms with Gasteiger partial charge in [0.25, 0.3) is 5.91 Å². The summed E-state index contributed by atoms with van der Waals surface area (Å²) in [5, 5.41) is 9.49. The first-order valence-electron chi connectivity index (χ1n) is 6.95. The van der Waals surface area contributed by atoms with E-state index < -0.39 is 5.91 Å². The van der Waals surface area contributed by atoms with E-state index in [0.29, 0.717) is 17.1 Å². The Hall–Kier alpha value is -2.83. The maximum absolute atomic E-state index is 12.0. The van der Waals surface area contributed by atoms with Crippen LogP contribution >= 0.6 is 0 Å². The molecule has 2 aromatic rings. The summed E-state index contributed by atoms with van der Waals surface area (Å²) in [5.41, 5.74) is 6.91. The molecular formula is C15H18N4O3. The van der Waals surface area contributed by atoms with Crippen LogP contribution in [0.25, 0.3) is 0 Å². The Balaban J connectivity index is 1.90. The zero-order valence-corrected chi connectivity index (χ0v) is 12.3. The Bertz CT molecular complexity index is 649. The number of ether oxygens (including phenoxy) is 1. The largest absolute Gasteiger partial charge is 0.493 e. The first kappa shape index (κ1) is 15.6. The van der Waals surface area contributed by atoms with Crippen LogP contribution in [-0.2, 0) is 11.2 Å². The fourth-order valence-corrected chi connectivity index (χ4v) is 1.76. The number of hydrogen-bond donors (Lipinski definition) is 3. The average Bonchev–Trinajstić information content (AvgIpc) is 2.98. The monoisotopic (exact) mass is 302 g/mol. The molecule has 2 rings (SSSR count). The van der Waals surface area contributed by atoms with E-state index in [1.165, 1.54) is 0 Å². The van der Waals surface area contributed by atoms with Crippen LogP contribution in [0.2, 0.25) is 0 Å². The molecule has 116 valence electrons. The van der Waals surface area contributed by atoms with Gasteiger partial charge in [-0.05, 0) is 36.8 Å². The second-order valence-corrected chi connectivity index (χ2v) is 4.68. The Kier molecular flexibility index (Phi) is 5.13. The standard InChI is InChI=1S/C15H18N4O3/c1-2-10-9-13(19-18-10)15(21)17-11-3-5-12(6-4-11)22-8-7-14(16)20/h3-6,9H,2,7-8H2,1H3,(H2,16,20)(H,17,21)(H,18,19). The number of hydrogen-bond acceptors (Lipinski definition) is 4. The van der Waals surface area contributed by atoms with Crippen LogP contribution in [0.3, 0.4) is 0 Å². The Morgan fingerprint density at radius 1 is 1.32 bits per heavy atom. The van der Waals surface area contributed by atoms with Crippen molar-refractivity contribution < 1.29 is 14.3 Å². The van der Waals surface area contributed by atoms with Gasteiger partial charge in [0.1, 0.15) is 5.75 Å². The van der Waals surface area contributed by atoms with Crippen LogP contribution in [0.5, 0.6) is 5.75 Å². The van der Waals surface area contributed by atoms with Gasteiger partial charge < -0.3 is 15.8 Å². The first-order valence-corrected chi connectivity index (χ1v) is 6.95. The molecule has 1 aromatic heterocycles. The number of carbonyl (C=O) groups excluding carboxylic acids is 2. The van der Waals surface area contributed by atoms with Crippen molar-refractivity contribution in [1.29, 1.82) is 0 Å². The van der Waals surface area contributed by atoms with E-state index in [4.69, 9.17) is 10.5 Å². The van der Waals surface area contributed by atoms with Crippen molar-refractivity contribution in [3.05, 3.63) is 41.7 Å². The summed E-state index contributed by atoms with van der Waals surface area (Å²) < 4.78 is 5.35. The fraction of sp³-hybridized carbons (Fsp3) is 0.267. The van der Waals surface area contributed by atoms with Crippen molar-refractivity contribution in [1.82, 2.24) is 10.2 Å². The number of aromatic nitrogens is 2. The average molecular weight is 302 g/mol. The van der Waals surface area contributed by atoms with Crippen LogP contribution in [0, 0.1) is 0 Å². The number of rotatable bonds is 7. The predicted octanol–water partition coefficient (Wildman–Crippen LogP) is 1.48. The highest BCUT2D eigenvalue weighted by molar-refractivity contribution is 6.02. The molecule has 0 bridgehead atoms. The molecule has 7 nitrogen and oxygen atoms in total. The molecule has 1 aromatic carbocycles. The van der Waals surface area contributed by atoms with Gasteiger partial charge in [-0.15, -0.1) is 0 Å². The summed E-state index contributed by atoms with van der Waals surface area (Å²) in [5.74, 6) is -0.0834. The Morgan fingerprint density at radius 2 is 2.05 bits per heavy atom. The zero-order chi connectivity index (χ0) is 15.9. The van der Waals surface area contributed by atoms with Crippen molar-refractivity contribution in [2.75, 3.05) is 11.9 Å². The molecule has 22 heavy (non-hydrogen) atoms. The molecule has 0 saturated heterocycles. The van der Waals surface area contributed by atoms with E-state index in [1.807, 2.05) is 6.92 Å². The van der Waals surface area contributed by atoms with Gasteiger partial charge in [-0.1, -0.05) is 6.92 Å². The smallest absolute Gasteiger partial charge is 0.276 e. The van der Waals surface area contributed by atoms with Gasteiger partial charge in [0.15, 0.2) is 5.69 Å². The summed E-state index contributed by atoms with van der Waals surface area (Å²) in [4.78, 5) is 22.6. The molecule has 0 atom stereocenters. The summed E-state index contributed by atoms with van der Waals surface area (Å²) >= 11 is 0. The molecule has 1 heterocycles. The summed E-state index contributed by atoms with van der Waals surface area (Å²) in [6.45, 7) is 2.21. The second-order valence-electron chi connectivity index (χ2n) is 4.68. The number of nitrogens with two attached hydrogens (primary N) is 1. The van der Waals surface area contributed by atoms with Crippen molar-refractivity contribution in [2.24, 2.45) is 5.73 Å². The van der Waals surface area contributed by atoms with Gasteiger partial charge >= 0.3 is 0 Å². The third-order valence-electron chi connectivity index (χ3n) is 2.97. The number of anilines is 1. The van der Waals surface area contributed by atoms with E-state index in [0.717, 1.165) is 12.1 Å². The molecule has 0 aliphatic rings. The van der Waals surface area contributed by atoms with Crippen LogP contribution in [-0.4, -0.2) is 28.6 Å². The highest BCUT2D eigenvalue weighted by atomic mass is 16.5. The highest BCUT2D eigenvalue weighted by Gasteiger charge is 2.10. The molecular weight excluding hydrogens is 284 g/mol. The number of aryl methyl sites for hydroxylation is 1. The lowest BCUT2D eigenvalue weighted by Crippen LogP contribution is -2.14. The predicted molar refractivity (Wildman–Crippen MR) is 81.7 cm³/mol. The number of aromatic amines is 1. The molecule has 0 fully saturated rings. The Morgan fingerprint density at radius 3 is 2.64 bits per heavy atom. The van der Waals surface area contributed by atoms with Gasteiger partial charge in [-0.2, -0.15) is 5.10 Å². The van der Waals surface area contributed by atoms with E-state index in [-0.39, 0.29) is 18.9 Å². The minimum Gasteiger partial charge on any atom is -0.493 e. The van der Waals surface area contributed by atoms with E-state index in [9.17, 15) is 9.59 Å². The molecule has 2 amide bonds. The van der Waals surface area contributed by atoms with Crippen molar-refractivity contribution in [3.8, 4) is 5.75 Å². The van der Waals surface area contributed by atoms with E-state index in [1.54, 1.807) is 30.3 Å². The molecule has 0 spiro atoms. The highest BCUT2D eigenvalue weighted by Crippen LogP contribution is 2.16. The number of amides is 2. The fourth-order valence-electron chi connectivity index (χ4n) is 1.76. The summed E-state index contributed by atoms with van der Waals surface area (Å²) in [7, 11) is 0. The van der Waals surface area contributed by atoms with Gasteiger partial charge in [-0.3, -0.25) is 14.7 Å². The number of nitrogens with zero attached hydrogens (tertiary/aromatic N) is 1. The van der Waals surface area contributed by atoms with E-state index >= 15 is 0 Å². The first-order chi connectivity index (χ1) is 10.6. The molecule has 0 saturated carbocycles. The van der Waals surface area contributed by atoms with Gasteiger partial charge in [0, 0.05) is 11.4 Å². The maximum Gasteiger partial charge on any atom is 0.276 e. The number of benzene rings is 1. The van der Waals surface area contributed by atoms with Crippen LogP contribution in [0.4, 0.5) is 5.69 Å². The molecule has 4 N–H and O–H groups in total. The van der Waals surface area contributed by atoms with Crippen molar-refractivity contribution in [3.63, 3.8) is 0 Å². The van der Waals surface area contributed by atoms with Gasteiger partial charge in [0.2, 0.25) is 5.91 Å². The lowest BCUT2D eigenvalue weighted by molar-refractivity contribution is -0.118.